The van der Waals surface area contributed by atoms with Crippen molar-refractivity contribution in [3.05, 3.63) is 23.3 Å². The fourth-order valence-corrected chi connectivity index (χ4v) is 15.9. The van der Waals surface area contributed by atoms with Crippen LogP contribution in [0.5, 0.6) is 0 Å². The zero-order valence-electron chi connectivity index (χ0n) is 45.3. The number of aliphatic hydroxyl groups is 10. The average molecular weight is 1090 g/mol. The first-order chi connectivity index (χ1) is 35.4. The van der Waals surface area contributed by atoms with Crippen LogP contribution >= 0.6 is 0 Å². The van der Waals surface area contributed by atoms with E-state index in [-0.39, 0.29) is 23.7 Å². The molecule has 0 bridgehead atoms. The highest BCUT2D eigenvalue weighted by molar-refractivity contribution is 5.87. The van der Waals surface area contributed by atoms with Gasteiger partial charge in [0.25, 0.3) is 0 Å². The maximum absolute atomic E-state index is 13.4. The zero-order chi connectivity index (χ0) is 56.2. The summed E-state index contributed by atoms with van der Waals surface area (Å²) in [5.74, 6) is -3.33. The van der Waals surface area contributed by atoms with Gasteiger partial charge in [-0.3, -0.25) is 4.79 Å². The van der Waals surface area contributed by atoms with Gasteiger partial charge in [0.2, 0.25) is 0 Å². The Hall–Kier alpha value is -2.75. The lowest BCUT2D eigenvalue weighted by Crippen LogP contribution is -2.72. The van der Waals surface area contributed by atoms with Crippen molar-refractivity contribution in [3.8, 4) is 0 Å². The van der Waals surface area contributed by atoms with E-state index in [1.165, 1.54) is 6.92 Å². The Kier molecular flexibility index (Phi) is 16.6. The van der Waals surface area contributed by atoms with Crippen LogP contribution in [0.15, 0.2) is 23.3 Å². The van der Waals surface area contributed by atoms with Crippen LogP contribution in [0.2, 0.25) is 0 Å². The van der Waals surface area contributed by atoms with Crippen molar-refractivity contribution in [2.75, 3.05) is 19.8 Å². The summed E-state index contributed by atoms with van der Waals surface area (Å²) in [7, 11) is 0. The SMILES string of the molecule is C/C=C(/C)C(=O)O[C@H]1[C@H](OC(C)=O)[C@]2(CO)[C@H](O)C[C@]3(C)C(=CC[C@@H]4[C@@]5(C)CC[C@H](O[C@@H]6O[C@H](C(=O)O)[C@@H](O)[C@H](O[C@@H]7OC[C@H](O)[C@H](O)[C@H]7O)[C@H]6O[C@@H]6O[C@H](CO)[C@@H](O)[C@H](O)[C@H]6O)C(C)(C)[C@@H]5CC[C@]43C)[C@@H]2CC1(C)C. The van der Waals surface area contributed by atoms with Gasteiger partial charge in [0.05, 0.1) is 37.4 Å². The monoisotopic (exact) mass is 1080 g/mol. The number of ether oxygens (including phenoxy) is 8. The van der Waals surface area contributed by atoms with Crippen molar-refractivity contribution in [2.24, 2.45) is 50.2 Å². The fourth-order valence-electron chi connectivity index (χ4n) is 15.9. The number of aliphatic hydroxyl groups excluding tert-OH is 10. The maximum Gasteiger partial charge on any atom is 0.335 e. The number of carbonyl (C=O) groups is 3. The minimum Gasteiger partial charge on any atom is -0.479 e. The molecule has 0 unspecified atom stereocenters. The summed E-state index contributed by atoms with van der Waals surface area (Å²) in [6, 6.07) is 0. The Bertz CT molecular complexity index is 2220. The van der Waals surface area contributed by atoms with Crippen LogP contribution < -0.4 is 0 Å². The van der Waals surface area contributed by atoms with Crippen molar-refractivity contribution in [1.82, 2.24) is 0 Å². The third kappa shape index (κ3) is 9.42. The van der Waals surface area contributed by atoms with E-state index in [0.29, 0.717) is 44.1 Å². The summed E-state index contributed by atoms with van der Waals surface area (Å²) in [5.41, 5.74) is -2.88. The van der Waals surface area contributed by atoms with Crippen molar-refractivity contribution < 1.29 is 108 Å². The Labute approximate surface area is 443 Å². The molecule has 25 atom stereocenters. The lowest BCUT2D eigenvalue weighted by molar-refractivity contribution is -0.392. The number of carbonyl (C=O) groups excluding carboxylic acids is 2. The molecule has 7 fully saturated rings. The number of esters is 2. The first-order valence-corrected chi connectivity index (χ1v) is 26.9. The van der Waals surface area contributed by atoms with E-state index < -0.39 is 181 Å². The lowest BCUT2D eigenvalue weighted by atomic mass is 9.33. The van der Waals surface area contributed by atoms with Gasteiger partial charge < -0.3 is 94.1 Å². The van der Waals surface area contributed by atoms with Gasteiger partial charge in [-0.25, -0.2) is 9.59 Å². The van der Waals surface area contributed by atoms with Crippen molar-refractivity contribution in [3.63, 3.8) is 0 Å². The normalized spacial score (nSPS) is 49.9. The average Bonchev–Trinajstić information content (AvgIpc) is 3.34. The number of hydrogen-bond donors (Lipinski definition) is 11. The van der Waals surface area contributed by atoms with E-state index in [4.69, 9.17) is 37.9 Å². The molecule has 0 amide bonds. The van der Waals surface area contributed by atoms with Crippen molar-refractivity contribution in [2.45, 2.75) is 225 Å². The van der Waals surface area contributed by atoms with Gasteiger partial charge in [0.15, 0.2) is 25.0 Å². The van der Waals surface area contributed by atoms with Gasteiger partial charge in [-0.05, 0) is 98.2 Å². The van der Waals surface area contributed by atoms with Crippen LogP contribution in [0.4, 0.5) is 0 Å². The van der Waals surface area contributed by atoms with E-state index in [9.17, 15) is 70.6 Å². The summed E-state index contributed by atoms with van der Waals surface area (Å²) in [6.07, 6.45) is -22.0. The Morgan fingerprint density at radius 1 is 0.724 bits per heavy atom. The molecule has 5 aliphatic carbocycles. The molecule has 0 aromatic heterocycles. The molecule has 22 heteroatoms. The first kappa shape index (κ1) is 59.4. The Morgan fingerprint density at radius 3 is 2.00 bits per heavy atom. The molecule has 0 radical (unpaired) electrons. The maximum atomic E-state index is 13.4. The third-order valence-corrected chi connectivity index (χ3v) is 20.5. The molecule has 0 aromatic carbocycles. The summed E-state index contributed by atoms with van der Waals surface area (Å²) >= 11 is 0. The summed E-state index contributed by atoms with van der Waals surface area (Å²) in [6.45, 7) is 17.6. The van der Waals surface area contributed by atoms with Crippen LogP contribution in [-0.4, -0.2) is 204 Å². The zero-order valence-corrected chi connectivity index (χ0v) is 45.3. The van der Waals surface area contributed by atoms with E-state index in [1.54, 1.807) is 19.9 Å². The second-order valence-electron chi connectivity index (χ2n) is 25.2. The molecule has 8 aliphatic rings. The molecule has 0 spiro atoms. The topological polar surface area (TPSA) is 348 Å². The van der Waals surface area contributed by atoms with Crippen LogP contribution in [0, 0.1) is 50.2 Å². The van der Waals surface area contributed by atoms with Crippen molar-refractivity contribution in [1.29, 1.82) is 0 Å². The molecule has 3 aliphatic heterocycles. The second-order valence-corrected chi connectivity index (χ2v) is 25.2. The molecule has 3 saturated heterocycles. The highest BCUT2D eigenvalue weighted by Gasteiger charge is 2.74. The summed E-state index contributed by atoms with van der Waals surface area (Å²) < 4.78 is 48.7. The summed E-state index contributed by atoms with van der Waals surface area (Å²) in [4.78, 5) is 39.2. The molecule has 0 aromatic rings. The third-order valence-electron chi connectivity index (χ3n) is 20.5. The van der Waals surface area contributed by atoms with Crippen LogP contribution in [0.1, 0.15) is 114 Å². The van der Waals surface area contributed by atoms with Gasteiger partial charge in [0, 0.05) is 17.9 Å². The molecule has 76 heavy (non-hydrogen) atoms. The number of allylic oxidation sites excluding steroid dienone is 3. The van der Waals surface area contributed by atoms with E-state index in [0.717, 1.165) is 5.57 Å². The van der Waals surface area contributed by atoms with Crippen molar-refractivity contribution >= 4 is 17.9 Å². The molecule has 3 heterocycles. The standard InChI is InChI=1S/C54H84O22/c1-11-23(2)45(68)76-42-43(70-24(3)57)54(22-56)26(18-49(42,4)5)25-12-13-30-51(8)16-15-32(50(6,7)29(51)14-17-52(30,9)53(25,10)19-31(54)59)72-48-41(75-47-37(64)35(62)34(61)28(20-55)71-47)39(38(65)40(74-48)44(66)67)73-46-36(63)33(60)27(58)21-69-46/h11-12,26-43,46-48,55-56,58-65H,13-22H2,1-10H3,(H,66,67)/b23-11-/t26-,27-,28+,29-,30+,31+,32-,33-,34+,35-,36+,37+,38-,39-,40-,41+,42-,43-,46-,47-,48+,51-,52+,53+,54-/m0/s1. The molecule has 432 valence electrons. The predicted octanol–water partition coefficient (Wildman–Crippen LogP) is 0.346. The van der Waals surface area contributed by atoms with Crippen LogP contribution in [0.3, 0.4) is 0 Å². The highest BCUT2D eigenvalue weighted by atomic mass is 16.8. The van der Waals surface area contributed by atoms with Gasteiger partial charge in [-0.2, -0.15) is 0 Å². The van der Waals surface area contributed by atoms with Gasteiger partial charge in [0.1, 0.15) is 73.2 Å². The van der Waals surface area contributed by atoms with Gasteiger partial charge >= 0.3 is 17.9 Å². The molecule has 11 N–H and O–H groups in total. The predicted molar refractivity (Wildman–Crippen MR) is 262 cm³/mol. The van der Waals surface area contributed by atoms with Gasteiger partial charge in [-0.1, -0.05) is 66.2 Å². The molecule has 22 nitrogen and oxygen atoms in total. The van der Waals surface area contributed by atoms with Crippen LogP contribution in [0.25, 0.3) is 0 Å². The van der Waals surface area contributed by atoms with Crippen LogP contribution in [-0.2, 0) is 52.3 Å². The fraction of sp³-hybridized carbons (Fsp3) is 0.870. The molecular formula is C54H84O22. The number of fused-ring (bicyclic) bond motifs is 7. The largest absolute Gasteiger partial charge is 0.479 e. The van der Waals surface area contributed by atoms with E-state index in [1.807, 2.05) is 13.8 Å². The number of aliphatic carboxylic acids is 1. The van der Waals surface area contributed by atoms with E-state index in [2.05, 4.69) is 40.7 Å². The number of hydrogen-bond acceptors (Lipinski definition) is 21. The Morgan fingerprint density at radius 2 is 1.38 bits per heavy atom. The van der Waals surface area contributed by atoms with Gasteiger partial charge in [-0.15, -0.1) is 0 Å². The minimum absolute atomic E-state index is 0.0354. The smallest absolute Gasteiger partial charge is 0.335 e. The first-order valence-electron chi connectivity index (χ1n) is 26.9. The minimum atomic E-state index is -2.10. The quantitative estimate of drug-likeness (QED) is 0.0543. The summed E-state index contributed by atoms with van der Waals surface area (Å²) in [5, 5.41) is 121. The highest BCUT2D eigenvalue weighted by Crippen LogP contribution is 2.76. The lowest BCUT2D eigenvalue weighted by Gasteiger charge is -2.72. The second kappa shape index (κ2) is 21.3. The molecule has 8 rings (SSSR count). The Balaban J connectivity index is 1.11. The molecular weight excluding hydrogens is 1000 g/mol. The molecule has 4 saturated carbocycles. The number of carboxylic acids is 1. The number of carboxylic acid groups (broad SMARTS) is 1. The van der Waals surface area contributed by atoms with E-state index >= 15 is 0 Å². The number of rotatable bonds is 12.